The number of nitrogens with zero attached hydrogens (tertiary/aromatic N) is 3. The van der Waals surface area contributed by atoms with E-state index in [4.69, 9.17) is 9.84 Å². The number of rotatable bonds is 2. The highest BCUT2D eigenvalue weighted by Gasteiger charge is 2.22. The van der Waals surface area contributed by atoms with E-state index in [0.717, 1.165) is 12.8 Å². The average molecular weight is 211 g/mol. The van der Waals surface area contributed by atoms with Crippen molar-refractivity contribution in [2.24, 2.45) is 0 Å². The lowest BCUT2D eigenvalue weighted by atomic mass is 10.1. The fourth-order valence-corrected chi connectivity index (χ4v) is 1.81. The predicted octanol–water partition coefficient (Wildman–Crippen LogP) is 0.636. The lowest BCUT2D eigenvalue weighted by Gasteiger charge is -2.22. The van der Waals surface area contributed by atoms with Crippen LogP contribution in [0.3, 0.4) is 0 Å². The molecule has 1 aliphatic rings. The molecule has 2 heterocycles. The lowest BCUT2D eigenvalue weighted by molar-refractivity contribution is 0.0650. The Hall–Kier alpha value is -1.43. The third-order valence-electron chi connectivity index (χ3n) is 2.67. The van der Waals surface area contributed by atoms with Crippen LogP contribution < -0.4 is 0 Å². The van der Waals surface area contributed by atoms with Crippen molar-refractivity contribution < 1.29 is 14.6 Å². The molecule has 0 radical (unpaired) electrons. The zero-order valence-corrected chi connectivity index (χ0v) is 8.51. The molecule has 1 saturated heterocycles. The fraction of sp³-hybridized carbons (Fsp3) is 0.667. The Kier molecular flexibility index (Phi) is 2.68. The molecule has 1 aromatic heterocycles. The Morgan fingerprint density at radius 2 is 2.20 bits per heavy atom. The molecule has 0 aromatic carbocycles. The lowest BCUT2D eigenvalue weighted by Crippen LogP contribution is -2.21. The maximum absolute atomic E-state index is 10.8. The van der Waals surface area contributed by atoms with Gasteiger partial charge in [-0.3, -0.25) is 0 Å². The van der Waals surface area contributed by atoms with Gasteiger partial charge in [-0.1, -0.05) is 5.21 Å². The van der Waals surface area contributed by atoms with Gasteiger partial charge in [-0.2, -0.15) is 0 Å². The fourth-order valence-electron chi connectivity index (χ4n) is 1.81. The van der Waals surface area contributed by atoms with Crippen LogP contribution in [0.25, 0.3) is 0 Å². The molecule has 0 spiro atoms. The van der Waals surface area contributed by atoms with Crippen LogP contribution in [-0.4, -0.2) is 39.3 Å². The van der Waals surface area contributed by atoms with E-state index in [9.17, 15) is 4.79 Å². The first-order chi connectivity index (χ1) is 7.20. The van der Waals surface area contributed by atoms with E-state index >= 15 is 0 Å². The van der Waals surface area contributed by atoms with Gasteiger partial charge in [0.05, 0.1) is 11.7 Å². The Morgan fingerprint density at radius 3 is 2.73 bits per heavy atom. The molecule has 1 N–H and O–H groups in total. The van der Waals surface area contributed by atoms with Crippen LogP contribution in [0.4, 0.5) is 0 Å². The Morgan fingerprint density at radius 1 is 1.53 bits per heavy atom. The van der Waals surface area contributed by atoms with Crippen molar-refractivity contribution in [2.75, 3.05) is 13.2 Å². The molecule has 2 rings (SSSR count). The summed E-state index contributed by atoms with van der Waals surface area (Å²) in [7, 11) is 0. The normalized spacial score (nSPS) is 17.9. The van der Waals surface area contributed by atoms with Gasteiger partial charge in [-0.25, -0.2) is 9.48 Å². The second-order valence-electron chi connectivity index (χ2n) is 3.62. The number of carboxylic acid groups (broad SMARTS) is 1. The molecule has 0 unspecified atom stereocenters. The largest absolute Gasteiger partial charge is 0.476 e. The second kappa shape index (κ2) is 3.98. The maximum Gasteiger partial charge on any atom is 0.358 e. The summed E-state index contributed by atoms with van der Waals surface area (Å²) in [4.78, 5) is 10.8. The topological polar surface area (TPSA) is 77.2 Å². The van der Waals surface area contributed by atoms with Gasteiger partial charge in [0.1, 0.15) is 0 Å². The number of hydrogen-bond acceptors (Lipinski definition) is 4. The van der Waals surface area contributed by atoms with Crippen LogP contribution >= 0.6 is 0 Å². The molecular formula is C9H13N3O3. The summed E-state index contributed by atoms with van der Waals surface area (Å²) in [6.07, 6.45) is 1.73. The van der Waals surface area contributed by atoms with Crippen LogP contribution in [0.5, 0.6) is 0 Å². The van der Waals surface area contributed by atoms with Gasteiger partial charge in [0.15, 0.2) is 5.69 Å². The molecule has 0 amide bonds. The first-order valence-electron chi connectivity index (χ1n) is 4.93. The summed E-state index contributed by atoms with van der Waals surface area (Å²) in [6, 6.07) is 0.222. The molecular weight excluding hydrogens is 198 g/mol. The highest BCUT2D eigenvalue weighted by atomic mass is 16.5. The first kappa shape index (κ1) is 10.1. The Balaban J connectivity index is 2.24. The summed E-state index contributed by atoms with van der Waals surface area (Å²) in [5.74, 6) is -1.02. The summed E-state index contributed by atoms with van der Waals surface area (Å²) < 4.78 is 6.94. The van der Waals surface area contributed by atoms with Crippen LogP contribution in [0.1, 0.15) is 35.1 Å². The molecule has 6 nitrogen and oxygen atoms in total. The maximum atomic E-state index is 10.8. The van der Waals surface area contributed by atoms with Gasteiger partial charge in [-0.05, 0) is 19.8 Å². The van der Waals surface area contributed by atoms with E-state index in [1.54, 1.807) is 11.6 Å². The molecule has 1 fully saturated rings. The van der Waals surface area contributed by atoms with Gasteiger partial charge in [0.2, 0.25) is 0 Å². The standard InChI is InChI=1S/C9H13N3O3/c1-6-8(9(13)14)10-11-12(6)7-2-4-15-5-3-7/h7H,2-5H2,1H3,(H,13,14). The minimum Gasteiger partial charge on any atom is -0.476 e. The van der Waals surface area contributed by atoms with Crippen molar-refractivity contribution in [3.8, 4) is 0 Å². The zero-order chi connectivity index (χ0) is 10.8. The molecule has 1 aliphatic heterocycles. The van der Waals surface area contributed by atoms with Gasteiger partial charge >= 0.3 is 5.97 Å². The van der Waals surface area contributed by atoms with Crippen LogP contribution in [0.15, 0.2) is 0 Å². The van der Waals surface area contributed by atoms with E-state index in [-0.39, 0.29) is 11.7 Å². The monoisotopic (exact) mass is 211 g/mol. The third kappa shape index (κ3) is 1.85. The van der Waals surface area contributed by atoms with Gasteiger partial charge < -0.3 is 9.84 Å². The van der Waals surface area contributed by atoms with Crippen molar-refractivity contribution in [1.29, 1.82) is 0 Å². The molecule has 0 saturated carbocycles. The Bertz CT molecular complexity index is 369. The summed E-state index contributed by atoms with van der Waals surface area (Å²) in [6.45, 7) is 3.14. The van der Waals surface area contributed by atoms with Crippen LogP contribution in [0.2, 0.25) is 0 Å². The second-order valence-corrected chi connectivity index (χ2v) is 3.62. The van der Waals surface area contributed by atoms with Crippen molar-refractivity contribution in [3.63, 3.8) is 0 Å². The van der Waals surface area contributed by atoms with Crippen LogP contribution in [0, 0.1) is 6.92 Å². The number of ether oxygens (including phenoxy) is 1. The number of hydrogen-bond donors (Lipinski definition) is 1. The minimum absolute atomic E-state index is 0.0430. The number of carboxylic acids is 1. The molecule has 15 heavy (non-hydrogen) atoms. The smallest absolute Gasteiger partial charge is 0.358 e. The van der Waals surface area contributed by atoms with Crippen molar-refractivity contribution >= 4 is 5.97 Å². The number of carbonyl (C=O) groups is 1. The summed E-state index contributed by atoms with van der Waals surface area (Å²) >= 11 is 0. The highest BCUT2D eigenvalue weighted by molar-refractivity contribution is 5.86. The quantitative estimate of drug-likeness (QED) is 0.776. The SMILES string of the molecule is Cc1c(C(=O)O)nnn1C1CCOCC1. The van der Waals surface area contributed by atoms with Gasteiger partial charge in [-0.15, -0.1) is 5.10 Å². The minimum atomic E-state index is -1.02. The van der Waals surface area contributed by atoms with Crippen molar-refractivity contribution in [1.82, 2.24) is 15.0 Å². The average Bonchev–Trinajstić information content (AvgIpc) is 2.61. The summed E-state index contributed by atoms with van der Waals surface area (Å²) in [5.41, 5.74) is 0.663. The number of aromatic carboxylic acids is 1. The molecule has 0 bridgehead atoms. The third-order valence-corrected chi connectivity index (χ3v) is 2.67. The van der Waals surface area contributed by atoms with Crippen molar-refractivity contribution in [3.05, 3.63) is 11.4 Å². The summed E-state index contributed by atoms with van der Waals surface area (Å²) in [5, 5.41) is 16.4. The van der Waals surface area contributed by atoms with E-state index in [0.29, 0.717) is 18.9 Å². The zero-order valence-electron chi connectivity index (χ0n) is 8.51. The van der Waals surface area contributed by atoms with E-state index in [1.807, 2.05) is 0 Å². The molecule has 6 heteroatoms. The van der Waals surface area contributed by atoms with E-state index < -0.39 is 5.97 Å². The first-order valence-corrected chi connectivity index (χ1v) is 4.93. The predicted molar refractivity (Wildman–Crippen MR) is 50.8 cm³/mol. The highest BCUT2D eigenvalue weighted by Crippen LogP contribution is 2.21. The van der Waals surface area contributed by atoms with Crippen molar-refractivity contribution in [2.45, 2.75) is 25.8 Å². The van der Waals surface area contributed by atoms with E-state index in [2.05, 4.69) is 10.3 Å². The molecule has 1 aromatic rings. The molecule has 82 valence electrons. The Labute approximate surface area is 86.8 Å². The van der Waals surface area contributed by atoms with Gasteiger partial charge in [0.25, 0.3) is 0 Å². The molecule has 0 atom stereocenters. The van der Waals surface area contributed by atoms with Gasteiger partial charge in [0, 0.05) is 13.2 Å². The van der Waals surface area contributed by atoms with Crippen LogP contribution in [-0.2, 0) is 4.74 Å². The van der Waals surface area contributed by atoms with E-state index in [1.165, 1.54) is 0 Å². The number of aromatic nitrogens is 3. The molecule has 0 aliphatic carbocycles.